The monoisotopic (exact) mass is 414 g/mol. The van der Waals surface area contributed by atoms with Crippen LogP contribution in [0.5, 0.6) is 23.0 Å². The fourth-order valence-corrected chi connectivity index (χ4v) is 3.59. The van der Waals surface area contributed by atoms with E-state index in [2.05, 4.69) is 4.98 Å². The summed E-state index contributed by atoms with van der Waals surface area (Å²) in [6, 6.07) is 16.5. The van der Waals surface area contributed by atoms with E-state index in [-0.39, 0.29) is 28.4 Å². The van der Waals surface area contributed by atoms with Crippen molar-refractivity contribution < 1.29 is 29.8 Å². The van der Waals surface area contributed by atoms with Crippen LogP contribution in [0.4, 0.5) is 0 Å². The van der Waals surface area contributed by atoms with E-state index in [1.165, 1.54) is 42.5 Å². The van der Waals surface area contributed by atoms with Crippen molar-refractivity contribution in [3.05, 3.63) is 77.0 Å². The molecule has 5 rings (SSSR count). The third-order valence-electron chi connectivity index (χ3n) is 5.12. The second-order valence-corrected chi connectivity index (χ2v) is 7.19. The van der Waals surface area contributed by atoms with Crippen molar-refractivity contribution in [2.24, 2.45) is 0 Å². The number of aromatic nitrogens is 1. The number of nitrogens with one attached hydrogen (secondary N) is 1. The minimum absolute atomic E-state index is 0.0933. The van der Waals surface area contributed by atoms with Gasteiger partial charge >= 0.3 is 0 Å². The van der Waals surface area contributed by atoms with Gasteiger partial charge in [0.05, 0.1) is 0 Å². The average Bonchev–Trinajstić information content (AvgIpc) is 2.73. The number of H-pyrrole nitrogens is 1. The molecule has 0 radical (unpaired) electrons. The first-order valence-electron chi connectivity index (χ1n) is 9.38. The summed E-state index contributed by atoms with van der Waals surface area (Å²) in [7, 11) is 0. The highest BCUT2D eigenvalue weighted by atomic mass is 16.3. The Hall–Kier alpha value is -4.52. The molecule has 0 fully saturated rings. The molecule has 0 amide bonds. The molecule has 0 atom stereocenters. The van der Waals surface area contributed by atoms with Crippen LogP contribution in [-0.4, -0.2) is 20.4 Å². The normalized spacial score (nSPS) is 11.2. The minimum atomic E-state index is -0.246. The van der Waals surface area contributed by atoms with Gasteiger partial charge in [-0.15, -0.1) is 0 Å². The molecule has 5 N–H and O–H groups in total. The predicted molar refractivity (Wildman–Crippen MR) is 113 cm³/mol. The Morgan fingerprint density at radius 3 is 2.13 bits per heavy atom. The molecular weight excluding hydrogens is 398 g/mol. The van der Waals surface area contributed by atoms with E-state index >= 15 is 0 Å². The Morgan fingerprint density at radius 1 is 0.677 bits per heavy atom. The number of aromatic hydroxyl groups is 4. The van der Waals surface area contributed by atoms with Gasteiger partial charge in [0.15, 0.2) is 5.43 Å². The Kier molecular flexibility index (Phi) is 4.04. The van der Waals surface area contributed by atoms with E-state index in [1.807, 2.05) is 0 Å². The van der Waals surface area contributed by atoms with Crippen LogP contribution in [0.1, 0.15) is 0 Å². The molecule has 3 aromatic rings. The van der Waals surface area contributed by atoms with Gasteiger partial charge in [-0.05, 0) is 29.8 Å². The standard InChI is InChI=1S/C24H15NO6/c26-13-3-1-12(2-4-13)16-8-18-23(10-21(16)29)31-24-11-22(30)17(9-19(24)25-18)15-6-5-14(27)7-20(15)28/h1-11,26-28,30H/p+1. The van der Waals surface area contributed by atoms with Crippen LogP contribution in [0.15, 0.2) is 75.9 Å². The predicted octanol–water partition coefficient (Wildman–Crippen LogP) is 3.87. The molecule has 152 valence electrons. The van der Waals surface area contributed by atoms with Gasteiger partial charge in [0, 0.05) is 47.0 Å². The first-order chi connectivity index (χ1) is 14.9. The molecule has 31 heavy (non-hydrogen) atoms. The number of phenols is 4. The molecule has 7 nitrogen and oxygen atoms in total. The first-order valence-corrected chi connectivity index (χ1v) is 9.38. The number of rotatable bonds is 2. The van der Waals surface area contributed by atoms with Crippen LogP contribution in [0.25, 0.3) is 44.8 Å². The van der Waals surface area contributed by atoms with Gasteiger partial charge in [-0.2, -0.15) is 4.98 Å². The van der Waals surface area contributed by atoms with E-state index in [1.54, 1.807) is 24.3 Å². The van der Waals surface area contributed by atoms with Gasteiger partial charge < -0.3 is 24.8 Å². The molecule has 1 aliphatic heterocycles. The van der Waals surface area contributed by atoms with Gasteiger partial charge in [0.1, 0.15) is 23.0 Å². The maximum absolute atomic E-state index is 12.6. The van der Waals surface area contributed by atoms with Crippen molar-refractivity contribution in [1.82, 2.24) is 0 Å². The lowest BCUT2D eigenvalue weighted by atomic mass is 10.0. The summed E-state index contributed by atoms with van der Waals surface area (Å²) in [4.78, 5) is 15.8. The smallest absolute Gasteiger partial charge is 0.248 e. The zero-order valence-electron chi connectivity index (χ0n) is 16.0. The number of benzene rings is 4. The molecule has 1 aliphatic carbocycles. The molecule has 1 heterocycles. The number of aromatic amines is 1. The van der Waals surface area contributed by atoms with Crippen molar-refractivity contribution in [2.45, 2.75) is 0 Å². The van der Waals surface area contributed by atoms with E-state index in [0.717, 1.165) is 0 Å². The van der Waals surface area contributed by atoms with Crippen LogP contribution >= 0.6 is 0 Å². The average molecular weight is 414 g/mol. The van der Waals surface area contributed by atoms with Crippen molar-refractivity contribution in [3.63, 3.8) is 0 Å². The SMILES string of the molecule is O=c1cc2oc3cc(O)c(-c4ccc(O)cc4O)cc3[nH+]c-2cc1-c1ccc(O)cc1. The molecule has 0 spiro atoms. The summed E-state index contributed by atoms with van der Waals surface area (Å²) in [5, 5.41) is 39.6. The molecule has 0 saturated carbocycles. The topological polar surface area (TPSA) is 125 Å². The van der Waals surface area contributed by atoms with Gasteiger partial charge in [-0.3, -0.25) is 4.79 Å². The molecule has 0 unspecified atom stereocenters. The first kappa shape index (κ1) is 18.5. The fourth-order valence-electron chi connectivity index (χ4n) is 3.59. The highest BCUT2D eigenvalue weighted by molar-refractivity contribution is 5.86. The Bertz CT molecular complexity index is 1490. The maximum Gasteiger partial charge on any atom is 0.248 e. The lowest BCUT2D eigenvalue weighted by molar-refractivity contribution is -0.334. The van der Waals surface area contributed by atoms with Crippen LogP contribution in [0.2, 0.25) is 0 Å². The van der Waals surface area contributed by atoms with Crippen LogP contribution in [-0.2, 0) is 0 Å². The van der Waals surface area contributed by atoms with Crippen molar-refractivity contribution >= 4 is 11.1 Å². The van der Waals surface area contributed by atoms with E-state index in [4.69, 9.17) is 4.42 Å². The summed E-state index contributed by atoms with van der Waals surface area (Å²) >= 11 is 0. The summed E-state index contributed by atoms with van der Waals surface area (Å²) in [5.74, 6) is 0.0179. The second-order valence-electron chi connectivity index (χ2n) is 7.19. The van der Waals surface area contributed by atoms with E-state index in [0.29, 0.717) is 44.8 Å². The summed E-state index contributed by atoms with van der Waals surface area (Å²) < 4.78 is 5.82. The Balaban J connectivity index is 1.72. The van der Waals surface area contributed by atoms with Crippen molar-refractivity contribution in [1.29, 1.82) is 0 Å². The fraction of sp³-hybridized carbons (Fsp3) is 0. The quantitative estimate of drug-likeness (QED) is 0.325. The largest absolute Gasteiger partial charge is 0.508 e. The van der Waals surface area contributed by atoms with E-state index < -0.39 is 0 Å². The lowest BCUT2D eigenvalue weighted by Gasteiger charge is -2.09. The molecular formula is C24H16NO6+. The maximum atomic E-state index is 12.6. The highest BCUT2D eigenvalue weighted by Crippen LogP contribution is 2.39. The van der Waals surface area contributed by atoms with Crippen LogP contribution in [0.3, 0.4) is 0 Å². The zero-order valence-corrected chi connectivity index (χ0v) is 16.0. The summed E-state index contributed by atoms with van der Waals surface area (Å²) in [5.41, 5.74) is 2.94. The zero-order chi connectivity index (χ0) is 21.7. The molecule has 2 aliphatic rings. The summed E-state index contributed by atoms with van der Waals surface area (Å²) in [6.45, 7) is 0. The van der Waals surface area contributed by atoms with Gasteiger partial charge in [-0.25, -0.2) is 0 Å². The number of hydrogen-bond donors (Lipinski definition) is 4. The van der Waals surface area contributed by atoms with Crippen LogP contribution in [0, 0.1) is 0 Å². The highest BCUT2D eigenvalue weighted by Gasteiger charge is 2.21. The number of fused-ring (bicyclic) bond motifs is 2. The number of hydrogen-bond acceptors (Lipinski definition) is 6. The Morgan fingerprint density at radius 2 is 1.39 bits per heavy atom. The molecule has 7 heteroatoms. The van der Waals surface area contributed by atoms with Gasteiger partial charge in [0.2, 0.25) is 22.6 Å². The molecule has 0 aromatic heterocycles. The van der Waals surface area contributed by atoms with Crippen molar-refractivity contribution in [3.8, 4) is 56.7 Å². The molecule has 3 aromatic carbocycles. The van der Waals surface area contributed by atoms with Gasteiger partial charge in [-0.1, -0.05) is 12.1 Å². The van der Waals surface area contributed by atoms with Gasteiger partial charge in [0.25, 0.3) is 0 Å². The van der Waals surface area contributed by atoms with Crippen molar-refractivity contribution in [2.75, 3.05) is 0 Å². The third-order valence-corrected chi connectivity index (χ3v) is 5.12. The summed E-state index contributed by atoms with van der Waals surface area (Å²) in [6.07, 6.45) is 0. The Labute approximate surface area is 175 Å². The third kappa shape index (κ3) is 3.18. The molecule has 0 saturated heterocycles. The minimum Gasteiger partial charge on any atom is -0.508 e. The van der Waals surface area contributed by atoms with Crippen LogP contribution < -0.4 is 10.4 Å². The lowest BCUT2D eigenvalue weighted by Crippen LogP contribution is -2.14. The molecule has 0 bridgehead atoms. The number of phenolic OH excluding ortho intramolecular Hbond substituents is 4. The van der Waals surface area contributed by atoms with E-state index in [9.17, 15) is 25.2 Å². The second kappa shape index (κ2) is 6.77.